The number of nitrogens with zero attached hydrogens (tertiary/aromatic N) is 9. The SMILES string of the molecule is CC1(C)c2ccccc2-c2c1c1c3c(ccc1n2-c1nc(-c2ccccc2)c2cc(-c4ccccc4)ccc2n1)sc1ccccc13.CC1(C)c2ccccc2-c2c1c1ccc3c4ccccc4sc3c1n2-c1nc(-c2ccccc2)c2ccc3ccccc3c2n1.CC1(C)c2ccccc2-c2c1c1ccc3c4ccccc4sc3c1n2-c1nc(-c2ccccc2)c2ccccc2n1. The van der Waals surface area contributed by atoms with Gasteiger partial charge in [-0.15, -0.1) is 34.0 Å². The summed E-state index contributed by atoms with van der Waals surface area (Å²) >= 11 is 5.61. The van der Waals surface area contributed by atoms with Crippen molar-refractivity contribution in [2.75, 3.05) is 0 Å². The highest BCUT2D eigenvalue weighted by molar-refractivity contribution is 7.27. The van der Waals surface area contributed by atoms with Crippen molar-refractivity contribution in [1.82, 2.24) is 43.6 Å². The second kappa shape index (κ2) is 29.2. The maximum atomic E-state index is 5.50. The van der Waals surface area contributed by atoms with E-state index in [4.69, 9.17) is 29.9 Å². The lowest BCUT2D eigenvalue weighted by atomic mass is 9.81. The molecule has 0 saturated carbocycles. The van der Waals surface area contributed by atoms with Crippen molar-refractivity contribution in [3.05, 3.63) is 416 Å². The zero-order chi connectivity index (χ0) is 88.4. The van der Waals surface area contributed by atoms with E-state index >= 15 is 0 Å². The fourth-order valence-corrected chi connectivity index (χ4v) is 26.2. The molecule has 0 spiro atoms. The summed E-state index contributed by atoms with van der Waals surface area (Å²) < 4.78 is 14.9. The van der Waals surface area contributed by atoms with Crippen LogP contribution >= 0.6 is 34.0 Å². The summed E-state index contributed by atoms with van der Waals surface area (Å²) in [6.45, 7) is 14.2. The second-order valence-electron chi connectivity index (χ2n) is 37.0. The number of aromatic nitrogens is 9. The highest BCUT2D eigenvalue weighted by Gasteiger charge is 2.46. The van der Waals surface area contributed by atoms with Gasteiger partial charge in [0, 0.05) is 138 Å². The normalized spacial score (nSPS) is 13.7. The molecule has 628 valence electrons. The van der Waals surface area contributed by atoms with E-state index in [-0.39, 0.29) is 16.2 Å². The van der Waals surface area contributed by atoms with E-state index in [0.29, 0.717) is 17.8 Å². The third-order valence-electron chi connectivity index (χ3n) is 28.6. The molecule has 12 heteroatoms. The monoisotopic (exact) mass is 1760 g/mol. The van der Waals surface area contributed by atoms with E-state index in [9.17, 15) is 0 Å². The van der Waals surface area contributed by atoms with Crippen molar-refractivity contribution in [1.29, 1.82) is 0 Å². The molecular weight excluding hydrogens is 1680 g/mol. The van der Waals surface area contributed by atoms with Crippen molar-refractivity contribution in [3.63, 3.8) is 0 Å². The average Bonchev–Trinajstić information content (AvgIpc) is 1.52. The van der Waals surface area contributed by atoms with E-state index in [1.54, 1.807) is 0 Å². The third-order valence-corrected chi connectivity index (χ3v) is 32.1. The van der Waals surface area contributed by atoms with Crippen molar-refractivity contribution < 1.29 is 0 Å². The van der Waals surface area contributed by atoms with Crippen LogP contribution in [-0.4, -0.2) is 43.6 Å². The van der Waals surface area contributed by atoms with E-state index in [2.05, 4.69) is 437 Å². The number of fused-ring (bicyclic) bond motifs is 32. The van der Waals surface area contributed by atoms with Crippen LogP contribution in [0.15, 0.2) is 382 Å². The van der Waals surface area contributed by atoms with Crippen LogP contribution in [0.4, 0.5) is 0 Å². The largest absolute Gasteiger partial charge is 0.278 e. The smallest absolute Gasteiger partial charge is 0.235 e. The first-order chi connectivity index (χ1) is 65.3. The van der Waals surface area contributed by atoms with Gasteiger partial charge in [0.05, 0.1) is 76.7 Å². The lowest BCUT2D eigenvalue weighted by Gasteiger charge is -2.21. The molecule has 9 aromatic heterocycles. The molecule has 0 unspecified atom stereocenters. The molecule has 0 radical (unpaired) electrons. The predicted octanol–water partition coefficient (Wildman–Crippen LogP) is 32.6. The summed E-state index contributed by atoms with van der Waals surface area (Å²) in [7, 11) is 0. The van der Waals surface area contributed by atoms with E-state index in [0.717, 1.165) is 82.9 Å². The lowest BCUT2D eigenvalue weighted by molar-refractivity contribution is 0.666. The maximum absolute atomic E-state index is 5.50. The molecule has 17 aromatic carbocycles. The average molecular weight is 1760 g/mol. The van der Waals surface area contributed by atoms with Crippen LogP contribution in [0.3, 0.4) is 0 Å². The molecule has 133 heavy (non-hydrogen) atoms. The van der Waals surface area contributed by atoms with Gasteiger partial charge in [0.25, 0.3) is 0 Å². The fraction of sp³-hybridized carbons (Fsp3) is 0.0744. The summed E-state index contributed by atoms with van der Waals surface area (Å²) in [5, 5.41) is 17.1. The molecule has 26 aromatic rings. The summed E-state index contributed by atoms with van der Waals surface area (Å²) in [6, 6.07) is 137. The number of hydrogen-bond acceptors (Lipinski definition) is 9. The van der Waals surface area contributed by atoms with Crippen LogP contribution in [-0.2, 0) is 16.2 Å². The number of thiophene rings is 3. The van der Waals surface area contributed by atoms with E-state index in [1.165, 1.54) is 166 Å². The van der Waals surface area contributed by atoms with Gasteiger partial charge in [-0.2, -0.15) is 0 Å². The molecule has 0 saturated heterocycles. The first-order valence-corrected chi connectivity index (χ1v) is 48.0. The molecule has 3 aliphatic rings. The van der Waals surface area contributed by atoms with Crippen LogP contribution in [0, 0.1) is 0 Å². The summed E-state index contributed by atoms with van der Waals surface area (Å²) in [5.41, 5.74) is 29.7. The number of rotatable bonds is 7. The van der Waals surface area contributed by atoms with Gasteiger partial charge in [-0.3, -0.25) is 13.7 Å². The van der Waals surface area contributed by atoms with Crippen molar-refractivity contribution in [2.45, 2.75) is 57.8 Å². The predicted molar refractivity (Wildman–Crippen MR) is 560 cm³/mol. The summed E-state index contributed by atoms with van der Waals surface area (Å²) in [6.07, 6.45) is 0. The Morgan fingerprint density at radius 1 is 0.233 bits per heavy atom. The first-order valence-electron chi connectivity index (χ1n) is 45.6. The first kappa shape index (κ1) is 77.3. The maximum Gasteiger partial charge on any atom is 0.235 e. The van der Waals surface area contributed by atoms with Gasteiger partial charge in [-0.05, 0) is 104 Å². The minimum atomic E-state index is -0.198. The van der Waals surface area contributed by atoms with Gasteiger partial charge < -0.3 is 0 Å². The lowest BCUT2D eigenvalue weighted by Crippen LogP contribution is -2.14. The van der Waals surface area contributed by atoms with Crippen LogP contribution in [0.25, 0.3) is 233 Å². The molecule has 9 nitrogen and oxygen atoms in total. The topological polar surface area (TPSA) is 92.1 Å². The van der Waals surface area contributed by atoms with Gasteiger partial charge in [0.1, 0.15) is 0 Å². The Bertz CT molecular complexity index is 9440. The Morgan fingerprint density at radius 3 is 1.17 bits per heavy atom. The van der Waals surface area contributed by atoms with Gasteiger partial charge in [0.15, 0.2) is 0 Å². The number of hydrogen-bond donors (Lipinski definition) is 0. The molecule has 0 bridgehead atoms. The molecule has 0 aliphatic heterocycles. The zero-order valence-corrected chi connectivity index (χ0v) is 76.1. The van der Waals surface area contributed by atoms with Crippen molar-refractivity contribution in [3.8, 4) is 96.5 Å². The molecule has 0 amide bonds. The zero-order valence-electron chi connectivity index (χ0n) is 73.6. The molecule has 0 atom stereocenters. The summed E-state index contributed by atoms with van der Waals surface area (Å²) in [5.74, 6) is 2.12. The van der Waals surface area contributed by atoms with Crippen LogP contribution in [0.1, 0.15) is 74.9 Å². The number of para-hydroxylation sites is 1. The standard InChI is InChI=1S/C43H29N3S.C41H27N3S.C37H25N3S/c1-43(2)32-19-11-9-17-29(32)41-39(43)38-34(23-24-36-37(38)30-18-10-12-20-35(30)47-36)46(41)42-44-33-22-21-28(26-13-5-3-6-14-26)25-31(33)40(45-42)27-15-7-4-8-16-27;1-41(2)32-18-10-8-17-29(32)37-34(41)30-23-22-28-27-16-9-11-19-33(27)45-39(28)38(30)44(37)40-42-35(25-13-4-3-5-14-25)31-21-20-24-12-6-7-15-26(24)36(31)43-40;1-37(2)28-17-9-6-15-25(28)33-31(37)27-21-20-24-23-14-8-11-19-30(23)41-35(24)34(27)40(33)36-38-29-18-10-7-16-26(29)32(39-36)22-12-4-3-5-13-22/h3-25H,1-2H3;3-23H,1-2H3;3-21H,1-2H3. The van der Waals surface area contributed by atoms with Gasteiger partial charge in [-0.1, -0.05) is 369 Å². The molecule has 0 N–H and O–H groups in total. The minimum Gasteiger partial charge on any atom is -0.278 e. The molecule has 9 heterocycles. The fourth-order valence-electron chi connectivity index (χ4n) is 22.6. The van der Waals surface area contributed by atoms with Crippen LogP contribution < -0.4 is 0 Å². The Balaban J connectivity index is 0.000000102. The van der Waals surface area contributed by atoms with Crippen molar-refractivity contribution >= 4 is 171 Å². The number of benzene rings is 17. The van der Waals surface area contributed by atoms with Crippen LogP contribution in [0.2, 0.25) is 0 Å². The Hall–Kier alpha value is -15.7. The second-order valence-corrected chi connectivity index (χ2v) is 40.2. The quantitative estimate of drug-likeness (QED) is 0.148. The van der Waals surface area contributed by atoms with Gasteiger partial charge in [-0.25, -0.2) is 29.9 Å². The van der Waals surface area contributed by atoms with Crippen molar-refractivity contribution in [2.24, 2.45) is 0 Å². The third kappa shape index (κ3) is 11.4. The minimum absolute atomic E-state index is 0.154. The van der Waals surface area contributed by atoms with Crippen LogP contribution in [0.5, 0.6) is 0 Å². The highest BCUT2D eigenvalue weighted by Crippen LogP contribution is 2.60. The Labute approximate surface area is 778 Å². The Kier molecular flexibility index (Phi) is 16.9. The molecule has 29 rings (SSSR count). The van der Waals surface area contributed by atoms with Gasteiger partial charge in [0.2, 0.25) is 17.8 Å². The van der Waals surface area contributed by atoms with E-state index in [1.807, 2.05) is 34.0 Å². The molecular formula is C121H81N9S3. The molecule has 0 fully saturated rings. The molecule has 3 aliphatic carbocycles. The highest BCUT2D eigenvalue weighted by atomic mass is 32.1. The Morgan fingerprint density at radius 2 is 0.624 bits per heavy atom. The summed E-state index contributed by atoms with van der Waals surface area (Å²) in [4.78, 5) is 32.5. The van der Waals surface area contributed by atoms with E-state index < -0.39 is 0 Å². The van der Waals surface area contributed by atoms with Gasteiger partial charge >= 0.3 is 0 Å².